The molecule has 9 heteroatoms. The van der Waals surface area contributed by atoms with Crippen LogP contribution in [0.3, 0.4) is 0 Å². The summed E-state index contributed by atoms with van der Waals surface area (Å²) >= 11 is 6.13. The first-order chi connectivity index (χ1) is 15.5. The van der Waals surface area contributed by atoms with E-state index in [1.807, 2.05) is 17.9 Å². The molecule has 2 aliphatic heterocycles. The number of rotatable bonds is 6. The minimum absolute atomic E-state index is 0.0384. The predicted molar refractivity (Wildman–Crippen MR) is 120 cm³/mol. The van der Waals surface area contributed by atoms with Crippen LogP contribution in [-0.2, 0) is 9.53 Å². The fraction of sp³-hybridized carbons (Fsp3) is 0.522. The van der Waals surface area contributed by atoms with Gasteiger partial charge in [0.05, 0.1) is 19.6 Å². The lowest BCUT2D eigenvalue weighted by Gasteiger charge is -2.43. The summed E-state index contributed by atoms with van der Waals surface area (Å²) in [7, 11) is 0. The molecule has 2 fully saturated rings. The van der Waals surface area contributed by atoms with Crippen LogP contribution in [0.15, 0.2) is 30.5 Å². The molecular weight excluding hydrogens is 432 g/mol. The summed E-state index contributed by atoms with van der Waals surface area (Å²) in [5, 5.41) is 7.26. The van der Waals surface area contributed by atoms with E-state index in [1.54, 1.807) is 29.3 Å². The molecule has 0 saturated carbocycles. The van der Waals surface area contributed by atoms with Gasteiger partial charge >= 0.3 is 0 Å². The fourth-order valence-electron chi connectivity index (χ4n) is 4.26. The van der Waals surface area contributed by atoms with Gasteiger partial charge in [-0.1, -0.05) is 11.6 Å². The van der Waals surface area contributed by atoms with Gasteiger partial charge in [0, 0.05) is 30.9 Å². The molecule has 1 N–H and O–H groups in total. The lowest BCUT2D eigenvalue weighted by molar-refractivity contribution is -0.153. The molecule has 1 aromatic carbocycles. The van der Waals surface area contributed by atoms with E-state index >= 15 is 0 Å². The monoisotopic (exact) mass is 460 g/mol. The highest BCUT2D eigenvalue weighted by atomic mass is 35.5. The van der Waals surface area contributed by atoms with Crippen LogP contribution in [0.25, 0.3) is 0 Å². The number of carbonyl (C=O) groups is 2. The van der Waals surface area contributed by atoms with Crippen molar-refractivity contribution in [2.24, 2.45) is 0 Å². The maximum atomic E-state index is 13.1. The van der Waals surface area contributed by atoms with E-state index in [1.165, 1.54) is 0 Å². The second kappa shape index (κ2) is 9.92. The quantitative estimate of drug-likeness (QED) is 0.715. The SMILES string of the molecule is Cc1cc(OC[C@@]2(CC(=O)N3CCCCC3)CN(C(=O)c3ccn[nH]3)CCO2)ccc1Cl. The second-order valence-electron chi connectivity index (χ2n) is 8.55. The van der Waals surface area contributed by atoms with E-state index in [-0.39, 0.29) is 31.4 Å². The Labute approximate surface area is 192 Å². The summed E-state index contributed by atoms with van der Waals surface area (Å²) in [5.74, 6) is 0.525. The van der Waals surface area contributed by atoms with Crippen molar-refractivity contribution in [1.29, 1.82) is 0 Å². The number of nitrogens with one attached hydrogen (secondary N) is 1. The number of hydrogen-bond donors (Lipinski definition) is 1. The van der Waals surface area contributed by atoms with Crippen LogP contribution < -0.4 is 4.74 Å². The van der Waals surface area contributed by atoms with Gasteiger partial charge in [-0.2, -0.15) is 5.10 Å². The molecular formula is C23H29ClN4O4. The number of piperidine rings is 1. The molecule has 2 amide bonds. The van der Waals surface area contributed by atoms with Crippen LogP contribution in [0.2, 0.25) is 5.02 Å². The van der Waals surface area contributed by atoms with Crippen LogP contribution in [-0.4, -0.2) is 76.8 Å². The van der Waals surface area contributed by atoms with Gasteiger partial charge in [0.25, 0.3) is 5.91 Å². The predicted octanol–water partition coefficient (Wildman–Crippen LogP) is 3.06. The first-order valence-electron chi connectivity index (χ1n) is 11.1. The second-order valence-corrected chi connectivity index (χ2v) is 8.95. The Morgan fingerprint density at radius 1 is 1.19 bits per heavy atom. The van der Waals surface area contributed by atoms with E-state index in [4.69, 9.17) is 21.1 Å². The Morgan fingerprint density at radius 2 is 2.00 bits per heavy atom. The van der Waals surface area contributed by atoms with Crippen molar-refractivity contribution in [2.75, 3.05) is 39.4 Å². The summed E-state index contributed by atoms with van der Waals surface area (Å²) in [6.45, 7) is 4.63. The molecule has 4 rings (SSSR count). The van der Waals surface area contributed by atoms with E-state index in [0.29, 0.717) is 29.6 Å². The minimum Gasteiger partial charge on any atom is -0.490 e. The Kier molecular flexibility index (Phi) is 7.01. The number of hydrogen-bond acceptors (Lipinski definition) is 5. The largest absolute Gasteiger partial charge is 0.490 e. The molecule has 2 aliphatic rings. The van der Waals surface area contributed by atoms with Crippen LogP contribution in [0.1, 0.15) is 41.7 Å². The molecule has 172 valence electrons. The number of ether oxygens (including phenoxy) is 2. The summed E-state index contributed by atoms with van der Waals surface area (Å²) in [6.07, 6.45) is 4.89. The van der Waals surface area contributed by atoms with Gasteiger partial charge in [0.2, 0.25) is 5.91 Å². The summed E-state index contributed by atoms with van der Waals surface area (Å²) in [6, 6.07) is 7.09. The van der Waals surface area contributed by atoms with E-state index < -0.39 is 5.60 Å². The lowest BCUT2D eigenvalue weighted by Crippen LogP contribution is -2.58. The van der Waals surface area contributed by atoms with Crippen molar-refractivity contribution in [3.8, 4) is 5.75 Å². The molecule has 1 atom stereocenters. The molecule has 2 saturated heterocycles. The van der Waals surface area contributed by atoms with E-state index in [9.17, 15) is 9.59 Å². The van der Waals surface area contributed by atoms with Crippen molar-refractivity contribution in [3.05, 3.63) is 46.7 Å². The number of benzene rings is 1. The highest BCUT2D eigenvalue weighted by Crippen LogP contribution is 2.28. The summed E-state index contributed by atoms with van der Waals surface area (Å²) < 4.78 is 12.3. The number of morpholine rings is 1. The van der Waals surface area contributed by atoms with Crippen LogP contribution >= 0.6 is 11.6 Å². The number of H-pyrrole nitrogens is 1. The lowest BCUT2D eigenvalue weighted by atomic mass is 9.96. The third kappa shape index (κ3) is 5.24. The van der Waals surface area contributed by atoms with Gasteiger partial charge < -0.3 is 19.3 Å². The maximum Gasteiger partial charge on any atom is 0.272 e. The Bertz CT molecular complexity index is 945. The topological polar surface area (TPSA) is 87.8 Å². The number of aryl methyl sites for hydroxylation is 1. The number of nitrogens with zero attached hydrogens (tertiary/aromatic N) is 3. The van der Waals surface area contributed by atoms with Crippen molar-refractivity contribution in [3.63, 3.8) is 0 Å². The van der Waals surface area contributed by atoms with Crippen molar-refractivity contribution in [2.45, 2.75) is 38.2 Å². The molecule has 3 heterocycles. The molecule has 0 bridgehead atoms. The van der Waals surface area contributed by atoms with E-state index in [0.717, 1.165) is 37.9 Å². The molecule has 8 nitrogen and oxygen atoms in total. The average Bonchev–Trinajstić information content (AvgIpc) is 3.35. The van der Waals surface area contributed by atoms with Crippen LogP contribution in [0, 0.1) is 6.92 Å². The molecule has 32 heavy (non-hydrogen) atoms. The first kappa shape index (κ1) is 22.6. The van der Waals surface area contributed by atoms with Crippen LogP contribution in [0.5, 0.6) is 5.75 Å². The number of aromatic amines is 1. The van der Waals surface area contributed by atoms with Gasteiger partial charge in [-0.15, -0.1) is 0 Å². The van der Waals surface area contributed by atoms with Gasteiger partial charge in [0.1, 0.15) is 23.7 Å². The van der Waals surface area contributed by atoms with Crippen molar-refractivity contribution >= 4 is 23.4 Å². The average molecular weight is 461 g/mol. The minimum atomic E-state index is -0.935. The van der Waals surface area contributed by atoms with Gasteiger partial charge in [0.15, 0.2) is 0 Å². The Balaban J connectivity index is 1.52. The zero-order chi connectivity index (χ0) is 22.6. The number of aromatic nitrogens is 2. The Morgan fingerprint density at radius 3 is 2.72 bits per heavy atom. The first-order valence-corrected chi connectivity index (χ1v) is 11.4. The van der Waals surface area contributed by atoms with Crippen molar-refractivity contribution in [1.82, 2.24) is 20.0 Å². The molecule has 0 radical (unpaired) electrons. The van der Waals surface area contributed by atoms with Gasteiger partial charge in [-0.25, -0.2) is 0 Å². The highest BCUT2D eigenvalue weighted by Gasteiger charge is 2.42. The maximum absolute atomic E-state index is 13.1. The molecule has 1 aromatic heterocycles. The number of amides is 2. The molecule has 0 aliphatic carbocycles. The number of halogens is 1. The normalized spacial score (nSPS) is 21.4. The van der Waals surface area contributed by atoms with Crippen molar-refractivity contribution < 1.29 is 19.1 Å². The van der Waals surface area contributed by atoms with Gasteiger partial charge in [-0.05, 0) is 56.0 Å². The number of likely N-dealkylation sites (tertiary alicyclic amines) is 1. The van der Waals surface area contributed by atoms with E-state index in [2.05, 4.69) is 10.2 Å². The third-order valence-corrected chi connectivity index (χ3v) is 6.50. The van der Waals surface area contributed by atoms with Crippen LogP contribution in [0.4, 0.5) is 0 Å². The van der Waals surface area contributed by atoms with Gasteiger partial charge in [-0.3, -0.25) is 14.7 Å². The highest BCUT2D eigenvalue weighted by molar-refractivity contribution is 6.31. The fourth-order valence-corrected chi connectivity index (χ4v) is 4.38. The smallest absolute Gasteiger partial charge is 0.272 e. The zero-order valence-electron chi connectivity index (χ0n) is 18.3. The third-order valence-electron chi connectivity index (χ3n) is 6.08. The summed E-state index contributed by atoms with van der Waals surface area (Å²) in [5.41, 5.74) is 0.386. The zero-order valence-corrected chi connectivity index (χ0v) is 19.1. The summed E-state index contributed by atoms with van der Waals surface area (Å²) in [4.78, 5) is 29.7. The molecule has 0 spiro atoms. The standard InChI is InChI=1S/C23H29ClN4O4/c1-17-13-18(5-6-19(17)24)31-16-23(14-21(29)27-9-3-2-4-10-27)15-28(11-12-32-23)22(30)20-7-8-25-26-20/h5-8,13H,2-4,9-12,14-16H2,1H3,(H,25,26)/t23-/m1/s1. The molecule has 0 unspecified atom stereocenters. The Hall–Kier alpha value is -2.58. The molecule has 2 aromatic rings. The number of carbonyl (C=O) groups excluding carboxylic acids is 2.